The molecule has 1 saturated carbocycles. The van der Waals surface area contributed by atoms with E-state index in [1.165, 1.54) is 12.8 Å². The summed E-state index contributed by atoms with van der Waals surface area (Å²) in [6.07, 6.45) is 4.68. The van der Waals surface area contributed by atoms with Gasteiger partial charge in [-0.05, 0) is 24.3 Å². The first-order valence-corrected chi connectivity index (χ1v) is 4.54. The van der Waals surface area contributed by atoms with Gasteiger partial charge in [0.05, 0.1) is 0 Å². The van der Waals surface area contributed by atoms with Gasteiger partial charge in [-0.3, -0.25) is 4.68 Å². The zero-order valence-electron chi connectivity index (χ0n) is 7.40. The maximum absolute atomic E-state index is 5.52. The molecule has 1 aromatic heterocycles. The average molecular weight is 165 g/mol. The van der Waals surface area contributed by atoms with Gasteiger partial charge in [0, 0.05) is 12.7 Å². The molecular formula is C9H15N3. The number of hydrogen-bond acceptors (Lipinski definition) is 2. The number of hydrogen-bond donors (Lipinski definition) is 1. The predicted molar refractivity (Wildman–Crippen MR) is 48.5 cm³/mol. The van der Waals surface area contributed by atoms with Crippen molar-refractivity contribution < 1.29 is 0 Å². The molecule has 0 aromatic carbocycles. The molecule has 3 heteroatoms. The minimum Gasteiger partial charge on any atom is -0.382 e. The van der Waals surface area contributed by atoms with E-state index in [4.69, 9.17) is 5.73 Å². The van der Waals surface area contributed by atoms with Gasteiger partial charge in [-0.25, -0.2) is 0 Å². The molecule has 2 atom stereocenters. The van der Waals surface area contributed by atoms with Crippen LogP contribution in [0, 0.1) is 11.8 Å². The van der Waals surface area contributed by atoms with Crippen LogP contribution in [0.5, 0.6) is 0 Å². The first-order valence-electron chi connectivity index (χ1n) is 4.54. The van der Waals surface area contributed by atoms with Gasteiger partial charge in [0.25, 0.3) is 0 Å². The number of anilines is 1. The predicted octanol–water partition coefficient (Wildman–Crippen LogP) is 1.51. The number of nitrogens with two attached hydrogens (primary N) is 1. The highest BCUT2D eigenvalue weighted by Gasteiger charge is 2.26. The topological polar surface area (TPSA) is 43.8 Å². The van der Waals surface area contributed by atoms with Crippen molar-refractivity contribution >= 4 is 5.82 Å². The molecule has 2 rings (SSSR count). The van der Waals surface area contributed by atoms with E-state index >= 15 is 0 Å². The lowest BCUT2D eigenvalue weighted by Gasteiger charge is -2.33. The van der Waals surface area contributed by atoms with Gasteiger partial charge >= 0.3 is 0 Å². The van der Waals surface area contributed by atoms with Crippen LogP contribution in [0.3, 0.4) is 0 Å². The summed E-state index contributed by atoms with van der Waals surface area (Å²) >= 11 is 0. The Labute approximate surface area is 72.6 Å². The fourth-order valence-electron chi connectivity index (χ4n) is 1.73. The van der Waals surface area contributed by atoms with Crippen molar-refractivity contribution in [2.24, 2.45) is 11.8 Å². The largest absolute Gasteiger partial charge is 0.382 e. The fourth-order valence-corrected chi connectivity index (χ4v) is 1.73. The lowest BCUT2D eigenvalue weighted by atomic mass is 9.75. The molecule has 1 aliphatic carbocycles. The minimum atomic E-state index is 0.627. The van der Waals surface area contributed by atoms with Crippen LogP contribution in [0.1, 0.15) is 19.8 Å². The fraction of sp³-hybridized carbons (Fsp3) is 0.667. The third kappa shape index (κ3) is 1.31. The summed E-state index contributed by atoms with van der Waals surface area (Å²) in [5.74, 6) is 2.32. The molecule has 1 aromatic rings. The minimum absolute atomic E-state index is 0.627. The summed E-state index contributed by atoms with van der Waals surface area (Å²) in [4.78, 5) is 0. The lowest BCUT2D eigenvalue weighted by molar-refractivity contribution is 0.165. The number of nitrogens with zero attached hydrogens (tertiary/aromatic N) is 2. The van der Waals surface area contributed by atoms with E-state index in [0.717, 1.165) is 18.4 Å². The highest BCUT2D eigenvalue weighted by atomic mass is 15.3. The average Bonchev–Trinajstić information content (AvgIpc) is 2.44. The highest BCUT2D eigenvalue weighted by Crippen LogP contribution is 2.34. The van der Waals surface area contributed by atoms with E-state index < -0.39 is 0 Å². The Balaban J connectivity index is 1.95. The Bertz CT molecular complexity index is 266. The molecular weight excluding hydrogens is 150 g/mol. The van der Waals surface area contributed by atoms with Gasteiger partial charge in [0.2, 0.25) is 0 Å². The quantitative estimate of drug-likeness (QED) is 0.722. The van der Waals surface area contributed by atoms with E-state index in [1.807, 2.05) is 16.9 Å². The summed E-state index contributed by atoms with van der Waals surface area (Å²) < 4.78 is 1.95. The molecule has 0 spiro atoms. The second kappa shape index (κ2) is 2.81. The molecule has 1 heterocycles. The zero-order valence-corrected chi connectivity index (χ0v) is 7.40. The van der Waals surface area contributed by atoms with Crippen LogP contribution in [0.15, 0.2) is 12.3 Å². The van der Waals surface area contributed by atoms with Crippen LogP contribution in [0.25, 0.3) is 0 Å². The Morgan fingerprint density at radius 3 is 2.92 bits per heavy atom. The number of aromatic nitrogens is 2. The molecule has 12 heavy (non-hydrogen) atoms. The molecule has 0 radical (unpaired) electrons. The Hall–Kier alpha value is -0.990. The van der Waals surface area contributed by atoms with Crippen molar-refractivity contribution in [2.45, 2.75) is 26.3 Å². The summed E-state index contributed by atoms with van der Waals surface area (Å²) in [5, 5.41) is 4.16. The summed E-state index contributed by atoms with van der Waals surface area (Å²) in [7, 11) is 0. The summed E-state index contributed by atoms with van der Waals surface area (Å²) in [6.45, 7) is 3.35. The Morgan fingerprint density at radius 1 is 1.67 bits per heavy atom. The molecule has 0 saturated heterocycles. The number of rotatable bonds is 2. The molecule has 0 amide bonds. The lowest BCUT2D eigenvalue weighted by Crippen LogP contribution is -2.27. The van der Waals surface area contributed by atoms with Gasteiger partial charge in [-0.1, -0.05) is 13.3 Å². The van der Waals surface area contributed by atoms with Gasteiger partial charge in [0.1, 0.15) is 5.82 Å². The van der Waals surface area contributed by atoms with Gasteiger partial charge in [0.15, 0.2) is 0 Å². The molecule has 0 aliphatic heterocycles. The third-order valence-corrected chi connectivity index (χ3v) is 2.88. The van der Waals surface area contributed by atoms with Gasteiger partial charge in [-0.2, -0.15) is 5.10 Å². The van der Waals surface area contributed by atoms with E-state index in [-0.39, 0.29) is 0 Å². The molecule has 3 nitrogen and oxygen atoms in total. The second-order valence-electron chi connectivity index (χ2n) is 3.78. The first-order chi connectivity index (χ1) is 5.75. The highest BCUT2D eigenvalue weighted by molar-refractivity contribution is 5.23. The van der Waals surface area contributed by atoms with Crippen LogP contribution in [0.4, 0.5) is 5.82 Å². The molecule has 66 valence electrons. The van der Waals surface area contributed by atoms with Crippen LogP contribution >= 0.6 is 0 Å². The van der Waals surface area contributed by atoms with Gasteiger partial charge < -0.3 is 5.73 Å². The van der Waals surface area contributed by atoms with Crippen LogP contribution in [-0.4, -0.2) is 9.78 Å². The normalized spacial score (nSPS) is 28.4. The Morgan fingerprint density at radius 2 is 2.50 bits per heavy atom. The van der Waals surface area contributed by atoms with Crippen LogP contribution in [-0.2, 0) is 6.54 Å². The van der Waals surface area contributed by atoms with Crippen molar-refractivity contribution in [2.75, 3.05) is 5.73 Å². The molecule has 1 aliphatic rings. The second-order valence-corrected chi connectivity index (χ2v) is 3.78. The molecule has 2 unspecified atom stereocenters. The monoisotopic (exact) mass is 165 g/mol. The maximum atomic E-state index is 5.52. The van der Waals surface area contributed by atoms with Crippen molar-refractivity contribution in [1.29, 1.82) is 0 Å². The smallest absolute Gasteiger partial charge is 0.145 e. The maximum Gasteiger partial charge on any atom is 0.145 e. The SMILES string of the molecule is CC1CCC1Cn1ccc(N)n1. The van der Waals surface area contributed by atoms with Crippen molar-refractivity contribution in [3.8, 4) is 0 Å². The third-order valence-electron chi connectivity index (χ3n) is 2.88. The van der Waals surface area contributed by atoms with E-state index in [1.54, 1.807) is 0 Å². The summed E-state index contributed by atoms with van der Waals surface area (Å²) in [6, 6.07) is 1.85. The molecule has 1 fully saturated rings. The zero-order chi connectivity index (χ0) is 8.55. The Kier molecular flexibility index (Phi) is 1.79. The van der Waals surface area contributed by atoms with E-state index in [2.05, 4.69) is 12.0 Å². The van der Waals surface area contributed by atoms with Crippen LogP contribution < -0.4 is 5.73 Å². The van der Waals surface area contributed by atoms with Crippen LogP contribution in [0.2, 0.25) is 0 Å². The van der Waals surface area contributed by atoms with Crippen molar-refractivity contribution in [1.82, 2.24) is 9.78 Å². The van der Waals surface area contributed by atoms with Crippen molar-refractivity contribution in [3.63, 3.8) is 0 Å². The van der Waals surface area contributed by atoms with E-state index in [0.29, 0.717) is 5.82 Å². The first kappa shape index (κ1) is 7.65. The number of nitrogen functional groups attached to an aromatic ring is 1. The molecule has 0 bridgehead atoms. The molecule has 2 N–H and O–H groups in total. The van der Waals surface area contributed by atoms with E-state index in [9.17, 15) is 0 Å². The van der Waals surface area contributed by atoms with Crippen molar-refractivity contribution in [3.05, 3.63) is 12.3 Å². The van der Waals surface area contributed by atoms with Gasteiger partial charge in [-0.15, -0.1) is 0 Å². The standard InChI is InChI=1S/C9H15N3/c1-7-2-3-8(7)6-12-5-4-9(10)11-12/h4-5,7-8H,2-3,6H2,1H3,(H2,10,11). The summed E-state index contributed by atoms with van der Waals surface area (Å²) in [5.41, 5.74) is 5.52.